The fraction of sp³-hybridized carbons (Fsp3) is 0.200. The molecule has 0 heterocycles. The number of hydrogen-bond donors (Lipinski definition) is 1. The van der Waals surface area contributed by atoms with E-state index in [0.717, 1.165) is 5.56 Å². The molecule has 6 nitrogen and oxygen atoms in total. The van der Waals surface area contributed by atoms with Crippen LogP contribution in [0, 0.1) is 11.3 Å². The Hall–Kier alpha value is -3.17. The molecule has 1 N–H and O–H groups in total. The third-order valence-electron chi connectivity index (χ3n) is 3.74. The molecule has 27 heavy (non-hydrogen) atoms. The summed E-state index contributed by atoms with van der Waals surface area (Å²) in [4.78, 5) is 12.4. The summed E-state index contributed by atoms with van der Waals surface area (Å²) in [6.45, 7) is 0.251. The molecule has 0 unspecified atom stereocenters. The summed E-state index contributed by atoms with van der Waals surface area (Å²) in [6, 6.07) is 12.4. The molecule has 1 amide bonds. The van der Waals surface area contributed by atoms with Crippen LogP contribution in [0.5, 0.6) is 17.2 Å². The van der Waals surface area contributed by atoms with Crippen molar-refractivity contribution in [2.45, 2.75) is 6.54 Å². The second-order valence-electron chi connectivity index (χ2n) is 5.41. The lowest BCUT2D eigenvalue weighted by Gasteiger charge is -2.14. The zero-order valence-corrected chi connectivity index (χ0v) is 16.0. The van der Waals surface area contributed by atoms with Gasteiger partial charge >= 0.3 is 0 Å². The van der Waals surface area contributed by atoms with Crippen molar-refractivity contribution in [2.24, 2.45) is 0 Å². The SMILES string of the molecule is COc1ccc(C=C(C#N)C(=O)NCc2cccc(Cl)c2)c(OC)c1OC. The zero-order valence-electron chi connectivity index (χ0n) is 15.2. The molecule has 2 rings (SSSR count). The highest BCUT2D eigenvalue weighted by atomic mass is 35.5. The Balaban J connectivity index is 2.27. The number of nitriles is 1. The van der Waals surface area contributed by atoms with E-state index in [1.165, 1.54) is 27.4 Å². The summed E-state index contributed by atoms with van der Waals surface area (Å²) in [5, 5.41) is 12.7. The number of methoxy groups -OCH3 is 3. The predicted molar refractivity (Wildman–Crippen MR) is 103 cm³/mol. The van der Waals surface area contributed by atoms with Crippen molar-refractivity contribution in [3.8, 4) is 23.3 Å². The van der Waals surface area contributed by atoms with Crippen molar-refractivity contribution in [3.05, 3.63) is 58.1 Å². The van der Waals surface area contributed by atoms with Crippen molar-refractivity contribution in [1.82, 2.24) is 5.32 Å². The van der Waals surface area contributed by atoms with Crippen molar-refractivity contribution in [3.63, 3.8) is 0 Å². The number of carbonyl (C=O) groups excluding carboxylic acids is 1. The van der Waals surface area contributed by atoms with Gasteiger partial charge in [0.05, 0.1) is 21.3 Å². The Labute approximate surface area is 162 Å². The molecule has 0 radical (unpaired) electrons. The molecule has 0 aliphatic carbocycles. The lowest BCUT2D eigenvalue weighted by molar-refractivity contribution is -0.117. The van der Waals surface area contributed by atoms with Crippen LogP contribution >= 0.6 is 11.6 Å². The lowest BCUT2D eigenvalue weighted by Crippen LogP contribution is -2.23. The topological polar surface area (TPSA) is 80.6 Å². The lowest BCUT2D eigenvalue weighted by atomic mass is 10.1. The Morgan fingerprint density at radius 1 is 1.15 bits per heavy atom. The van der Waals surface area contributed by atoms with Gasteiger partial charge in [-0.15, -0.1) is 0 Å². The summed E-state index contributed by atoms with van der Waals surface area (Å²) in [6.07, 6.45) is 1.44. The first-order valence-electron chi connectivity index (χ1n) is 7.97. The Kier molecular flexibility index (Phi) is 7.09. The number of nitrogens with one attached hydrogen (secondary N) is 1. The number of ether oxygens (including phenoxy) is 3. The van der Waals surface area contributed by atoms with Gasteiger partial charge in [-0.05, 0) is 35.9 Å². The van der Waals surface area contributed by atoms with Gasteiger partial charge < -0.3 is 19.5 Å². The fourth-order valence-corrected chi connectivity index (χ4v) is 2.68. The van der Waals surface area contributed by atoms with Crippen LogP contribution in [-0.2, 0) is 11.3 Å². The highest BCUT2D eigenvalue weighted by molar-refractivity contribution is 6.30. The van der Waals surface area contributed by atoms with Crippen molar-refractivity contribution >= 4 is 23.6 Å². The highest BCUT2D eigenvalue weighted by Gasteiger charge is 2.17. The van der Waals surface area contributed by atoms with Gasteiger partial charge in [-0.1, -0.05) is 23.7 Å². The van der Waals surface area contributed by atoms with Gasteiger partial charge in [-0.25, -0.2) is 0 Å². The fourth-order valence-electron chi connectivity index (χ4n) is 2.47. The monoisotopic (exact) mass is 386 g/mol. The molecule has 0 saturated carbocycles. The van der Waals surface area contributed by atoms with E-state index >= 15 is 0 Å². The first kappa shape index (κ1) is 20.1. The molecule has 2 aromatic rings. The molecule has 0 atom stereocenters. The van der Waals surface area contributed by atoms with Gasteiger partial charge in [-0.2, -0.15) is 5.26 Å². The van der Waals surface area contributed by atoms with Crippen LogP contribution in [0.2, 0.25) is 5.02 Å². The minimum absolute atomic E-state index is 0.0671. The molecule has 7 heteroatoms. The summed E-state index contributed by atoms with van der Waals surface area (Å²) >= 11 is 5.93. The van der Waals surface area contributed by atoms with Gasteiger partial charge in [-0.3, -0.25) is 4.79 Å². The van der Waals surface area contributed by atoms with Crippen molar-refractivity contribution in [2.75, 3.05) is 21.3 Å². The first-order valence-corrected chi connectivity index (χ1v) is 8.35. The Morgan fingerprint density at radius 3 is 2.48 bits per heavy atom. The maximum absolute atomic E-state index is 12.4. The van der Waals surface area contributed by atoms with E-state index in [0.29, 0.717) is 27.8 Å². The summed E-state index contributed by atoms with van der Waals surface area (Å²) in [7, 11) is 4.47. The van der Waals surface area contributed by atoms with Gasteiger partial charge in [0.1, 0.15) is 11.6 Å². The molecule has 2 aromatic carbocycles. The quantitative estimate of drug-likeness (QED) is 0.581. The predicted octanol–water partition coefficient (Wildman–Crippen LogP) is 3.59. The Bertz CT molecular complexity index is 903. The highest BCUT2D eigenvalue weighted by Crippen LogP contribution is 2.40. The number of rotatable bonds is 7. The van der Waals surface area contributed by atoms with Gasteiger partial charge in [0.2, 0.25) is 5.75 Å². The van der Waals surface area contributed by atoms with Crippen LogP contribution in [-0.4, -0.2) is 27.2 Å². The molecule has 140 valence electrons. The van der Waals surface area contributed by atoms with E-state index in [1.54, 1.807) is 30.3 Å². The van der Waals surface area contributed by atoms with Crippen LogP contribution in [0.15, 0.2) is 42.0 Å². The number of hydrogen-bond acceptors (Lipinski definition) is 5. The number of nitrogens with zero attached hydrogens (tertiary/aromatic N) is 1. The second-order valence-corrected chi connectivity index (χ2v) is 5.84. The Morgan fingerprint density at radius 2 is 1.89 bits per heavy atom. The molecular formula is C20H19ClN2O4. The first-order chi connectivity index (χ1) is 13.0. The molecule has 0 aromatic heterocycles. The van der Waals surface area contributed by atoms with E-state index in [2.05, 4.69) is 5.32 Å². The van der Waals surface area contributed by atoms with Crippen LogP contribution < -0.4 is 19.5 Å². The average molecular weight is 387 g/mol. The maximum Gasteiger partial charge on any atom is 0.262 e. The summed E-state index contributed by atoms with van der Waals surface area (Å²) in [5.41, 5.74) is 1.28. The van der Waals surface area contributed by atoms with E-state index in [9.17, 15) is 10.1 Å². The van der Waals surface area contributed by atoms with Crippen LogP contribution in [0.3, 0.4) is 0 Å². The molecule has 0 saturated heterocycles. The third kappa shape index (κ3) is 4.93. The van der Waals surface area contributed by atoms with Gasteiger partial charge in [0.15, 0.2) is 11.5 Å². The standard InChI is InChI=1S/C20H19ClN2O4/c1-25-17-8-7-14(18(26-2)19(17)27-3)10-15(11-22)20(24)23-12-13-5-4-6-16(21)9-13/h4-10H,12H2,1-3H3,(H,23,24). The number of benzene rings is 2. The van der Waals surface area contributed by atoms with Gasteiger partial charge in [0.25, 0.3) is 5.91 Å². The molecule has 0 spiro atoms. The van der Waals surface area contributed by atoms with Crippen LogP contribution in [0.4, 0.5) is 0 Å². The van der Waals surface area contributed by atoms with Gasteiger partial charge in [0, 0.05) is 17.1 Å². The summed E-state index contributed by atoms with van der Waals surface area (Å²) in [5.74, 6) is 0.724. The molecular weight excluding hydrogens is 368 g/mol. The second kappa shape index (κ2) is 9.51. The third-order valence-corrected chi connectivity index (χ3v) is 3.98. The van der Waals surface area contributed by atoms with E-state index in [-0.39, 0.29) is 12.1 Å². The number of carbonyl (C=O) groups is 1. The van der Waals surface area contributed by atoms with Crippen LogP contribution in [0.25, 0.3) is 6.08 Å². The normalized spacial score (nSPS) is 10.7. The maximum atomic E-state index is 12.4. The van der Waals surface area contributed by atoms with Crippen LogP contribution in [0.1, 0.15) is 11.1 Å². The number of halogens is 1. The zero-order chi connectivity index (χ0) is 19.8. The average Bonchev–Trinajstić information content (AvgIpc) is 2.69. The van der Waals surface area contributed by atoms with E-state index in [4.69, 9.17) is 25.8 Å². The largest absolute Gasteiger partial charge is 0.493 e. The molecule has 0 aliphatic rings. The minimum Gasteiger partial charge on any atom is -0.493 e. The van der Waals surface area contributed by atoms with E-state index in [1.807, 2.05) is 12.1 Å². The smallest absolute Gasteiger partial charge is 0.262 e. The van der Waals surface area contributed by atoms with Crippen molar-refractivity contribution in [1.29, 1.82) is 5.26 Å². The van der Waals surface area contributed by atoms with Crippen molar-refractivity contribution < 1.29 is 19.0 Å². The number of amides is 1. The summed E-state index contributed by atoms with van der Waals surface area (Å²) < 4.78 is 15.9. The molecule has 0 fully saturated rings. The molecule has 0 bridgehead atoms. The molecule has 0 aliphatic heterocycles. The van der Waals surface area contributed by atoms with E-state index < -0.39 is 5.91 Å². The minimum atomic E-state index is -0.505.